The summed E-state index contributed by atoms with van der Waals surface area (Å²) in [6.45, 7) is 1.69. The van der Waals surface area contributed by atoms with Crippen molar-refractivity contribution in [1.29, 1.82) is 0 Å². The number of carboxylic acid groups (broad SMARTS) is 1. The molecule has 92 valence electrons. The highest BCUT2D eigenvalue weighted by atomic mass is 79.9. The van der Waals surface area contributed by atoms with E-state index in [2.05, 4.69) is 21.2 Å². The van der Waals surface area contributed by atoms with Crippen LogP contribution in [0, 0.1) is 0 Å². The molecule has 1 atom stereocenters. The van der Waals surface area contributed by atoms with E-state index in [0.717, 1.165) is 0 Å². The molecule has 0 aliphatic heterocycles. The standard InChI is InChI=1S/C11H13BrN2O3/c1-2-9(11(16)17)14-10(15)6-3-4-7(12)8(13)5-6/h3-5,9H,2,13H2,1H3,(H,14,15)(H,16,17)/t9-/m0/s1. The van der Waals surface area contributed by atoms with Gasteiger partial charge in [-0.2, -0.15) is 0 Å². The summed E-state index contributed by atoms with van der Waals surface area (Å²) < 4.78 is 0.694. The smallest absolute Gasteiger partial charge is 0.326 e. The monoisotopic (exact) mass is 300 g/mol. The summed E-state index contributed by atoms with van der Waals surface area (Å²) in [5.41, 5.74) is 6.41. The van der Waals surface area contributed by atoms with E-state index in [1.165, 1.54) is 6.07 Å². The van der Waals surface area contributed by atoms with Crippen LogP contribution in [0.4, 0.5) is 5.69 Å². The maximum Gasteiger partial charge on any atom is 0.326 e. The first-order chi connectivity index (χ1) is 7.95. The van der Waals surface area contributed by atoms with Crippen LogP contribution in [0.15, 0.2) is 22.7 Å². The predicted molar refractivity (Wildman–Crippen MR) is 67.7 cm³/mol. The maximum absolute atomic E-state index is 11.7. The van der Waals surface area contributed by atoms with Crippen LogP contribution in [0.5, 0.6) is 0 Å². The van der Waals surface area contributed by atoms with Gasteiger partial charge in [-0.3, -0.25) is 4.79 Å². The van der Waals surface area contributed by atoms with Crippen molar-refractivity contribution in [2.45, 2.75) is 19.4 Å². The number of carboxylic acids is 1. The quantitative estimate of drug-likeness (QED) is 0.737. The van der Waals surface area contributed by atoms with Gasteiger partial charge < -0.3 is 16.2 Å². The molecule has 0 saturated heterocycles. The zero-order chi connectivity index (χ0) is 13.0. The highest BCUT2D eigenvalue weighted by Crippen LogP contribution is 2.20. The fourth-order valence-corrected chi connectivity index (χ4v) is 1.51. The summed E-state index contributed by atoms with van der Waals surface area (Å²) in [6.07, 6.45) is 0.326. The SMILES string of the molecule is CC[C@H](NC(=O)c1ccc(Br)c(N)c1)C(=O)O. The first-order valence-electron chi connectivity index (χ1n) is 5.04. The van der Waals surface area contributed by atoms with Gasteiger partial charge in [-0.1, -0.05) is 6.92 Å². The number of rotatable bonds is 4. The fourth-order valence-electron chi connectivity index (χ4n) is 1.26. The molecule has 5 nitrogen and oxygen atoms in total. The third-order valence-corrected chi connectivity index (χ3v) is 2.99. The van der Waals surface area contributed by atoms with Crippen LogP contribution < -0.4 is 11.1 Å². The molecule has 1 amide bonds. The number of benzene rings is 1. The van der Waals surface area contributed by atoms with E-state index in [4.69, 9.17) is 10.8 Å². The van der Waals surface area contributed by atoms with E-state index in [1.807, 2.05) is 0 Å². The summed E-state index contributed by atoms with van der Waals surface area (Å²) in [7, 11) is 0. The Hall–Kier alpha value is -1.56. The molecular formula is C11H13BrN2O3. The van der Waals surface area contributed by atoms with E-state index >= 15 is 0 Å². The lowest BCUT2D eigenvalue weighted by Crippen LogP contribution is -2.40. The van der Waals surface area contributed by atoms with Crippen molar-refractivity contribution in [3.63, 3.8) is 0 Å². The van der Waals surface area contributed by atoms with Gasteiger partial charge in [0.05, 0.1) is 0 Å². The molecule has 0 saturated carbocycles. The van der Waals surface area contributed by atoms with Crippen molar-refractivity contribution in [1.82, 2.24) is 5.32 Å². The van der Waals surface area contributed by atoms with Crippen molar-refractivity contribution >= 4 is 33.5 Å². The minimum atomic E-state index is -1.05. The van der Waals surface area contributed by atoms with Crippen LogP contribution in [-0.2, 0) is 4.79 Å². The molecular weight excluding hydrogens is 288 g/mol. The number of aliphatic carboxylic acids is 1. The Morgan fingerprint density at radius 3 is 2.65 bits per heavy atom. The highest BCUT2D eigenvalue weighted by molar-refractivity contribution is 9.10. The van der Waals surface area contributed by atoms with Gasteiger partial charge in [-0.15, -0.1) is 0 Å². The number of halogens is 1. The molecule has 0 spiro atoms. The summed E-state index contributed by atoms with van der Waals surface area (Å²) in [5, 5.41) is 11.2. The van der Waals surface area contributed by atoms with Crippen molar-refractivity contribution in [2.24, 2.45) is 0 Å². The average molecular weight is 301 g/mol. The zero-order valence-corrected chi connectivity index (χ0v) is 10.8. The topological polar surface area (TPSA) is 92.4 Å². The molecule has 0 heterocycles. The van der Waals surface area contributed by atoms with Gasteiger partial charge in [0.1, 0.15) is 6.04 Å². The Morgan fingerprint density at radius 1 is 1.53 bits per heavy atom. The molecule has 1 rings (SSSR count). The Balaban J connectivity index is 2.82. The fraction of sp³-hybridized carbons (Fsp3) is 0.273. The van der Waals surface area contributed by atoms with Gasteiger partial charge in [-0.05, 0) is 40.5 Å². The molecule has 0 aliphatic rings. The number of nitrogens with one attached hydrogen (secondary N) is 1. The molecule has 0 aromatic heterocycles. The number of amides is 1. The van der Waals surface area contributed by atoms with Gasteiger partial charge in [0.15, 0.2) is 0 Å². The zero-order valence-electron chi connectivity index (χ0n) is 9.24. The molecule has 6 heteroatoms. The average Bonchev–Trinajstić information content (AvgIpc) is 2.28. The molecule has 4 N–H and O–H groups in total. The summed E-state index contributed by atoms with van der Waals surface area (Å²) >= 11 is 3.22. The summed E-state index contributed by atoms with van der Waals surface area (Å²) in [5.74, 6) is -1.50. The van der Waals surface area contributed by atoms with Gasteiger partial charge in [0.25, 0.3) is 5.91 Å². The normalized spacial score (nSPS) is 11.9. The van der Waals surface area contributed by atoms with Crippen molar-refractivity contribution < 1.29 is 14.7 Å². The second-order valence-corrected chi connectivity index (χ2v) is 4.36. The number of carbonyl (C=O) groups excluding carboxylic acids is 1. The number of carbonyl (C=O) groups is 2. The van der Waals surface area contributed by atoms with Gasteiger partial charge in [0, 0.05) is 15.7 Å². The third kappa shape index (κ3) is 3.45. The second kappa shape index (κ2) is 5.67. The summed E-state index contributed by atoms with van der Waals surface area (Å²) in [6, 6.07) is 3.83. The lowest BCUT2D eigenvalue weighted by Gasteiger charge is -2.12. The van der Waals surface area contributed by atoms with Gasteiger partial charge >= 0.3 is 5.97 Å². The Morgan fingerprint density at radius 2 is 2.18 bits per heavy atom. The summed E-state index contributed by atoms with van der Waals surface area (Å²) in [4.78, 5) is 22.5. The number of hydrogen-bond acceptors (Lipinski definition) is 3. The van der Waals surface area contributed by atoms with E-state index in [1.54, 1.807) is 19.1 Å². The lowest BCUT2D eigenvalue weighted by molar-refractivity contribution is -0.139. The van der Waals surface area contributed by atoms with Gasteiger partial charge in [0.2, 0.25) is 0 Å². The van der Waals surface area contributed by atoms with Crippen LogP contribution in [-0.4, -0.2) is 23.0 Å². The van der Waals surface area contributed by atoms with Crippen molar-refractivity contribution in [3.05, 3.63) is 28.2 Å². The van der Waals surface area contributed by atoms with E-state index < -0.39 is 17.9 Å². The number of nitrogen functional groups attached to an aromatic ring is 1. The molecule has 0 fully saturated rings. The second-order valence-electron chi connectivity index (χ2n) is 3.51. The van der Waals surface area contributed by atoms with Crippen LogP contribution >= 0.6 is 15.9 Å². The molecule has 17 heavy (non-hydrogen) atoms. The molecule has 1 aromatic carbocycles. The maximum atomic E-state index is 11.7. The molecule has 0 bridgehead atoms. The number of hydrogen-bond donors (Lipinski definition) is 3. The van der Waals surface area contributed by atoms with Crippen LogP contribution in [0.1, 0.15) is 23.7 Å². The Labute approximate surface area is 107 Å². The molecule has 0 aliphatic carbocycles. The van der Waals surface area contributed by atoms with Crippen LogP contribution in [0.25, 0.3) is 0 Å². The molecule has 0 radical (unpaired) electrons. The van der Waals surface area contributed by atoms with Crippen LogP contribution in [0.2, 0.25) is 0 Å². The number of nitrogens with two attached hydrogens (primary N) is 1. The highest BCUT2D eigenvalue weighted by Gasteiger charge is 2.18. The molecule has 1 aromatic rings. The van der Waals surface area contributed by atoms with Gasteiger partial charge in [-0.25, -0.2) is 4.79 Å². The van der Waals surface area contributed by atoms with Crippen LogP contribution in [0.3, 0.4) is 0 Å². The lowest BCUT2D eigenvalue weighted by atomic mass is 10.1. The Bertz CT molecular complexity index is 448. The first-order valence-corrected chi connectivity index (χ1v) is 5.83. The number of anilines is 1. The van der Waals surface area contributed by atoms with Crippen molar-refractivity contribution in [2.75, 3.05) is 5.73 Å². The largest absolute Gasteiger partial charge is 0.480 e. The first kappa shape index (κ1) is 13.5. The molecule has 0 unspecified atom stereocenters. The van der Waals surface area contributed by atoms with E-state index in [9.17, 15) is 9.59 Å². The minimum Gasteiger partial charge on any atom is -0.480 e. The Kier molecular flexibility index (Phi) is 4.51. The van der Waals surface area contributed by atoms with E-state index in [0.29, 0.717) is 22.1 Å². The third-order valence-electron chi connectivity index (χ3n) is 2.27. The predicted octanol–water partition coefficient (Wildman–Crippen LogP) is 1.62. The minimum absolute atomic E-state index is 0.326. The van der Waals surface area contributed by atoms with Crippen molar-refractivity contribution in [3.8, 4) is 0 Å². The van der Waals surface area contributed by atoms with E-state index in [-0.39, 0.29) is 0 Å².